The average molecular weight is 330 g/mol. The van der Waals surface area contributed by atoms with Crippen LogP contribution in [0.1, 0.15) is 32.1 Å². The van der Waals surface area contributed by atoms with Gasteiger partial charge < -0.3 is 4.74 Å². The van der Waals surface area contributed by atoms with Gasteiger partial charge in [-0.1, -0.05) is 25.4 Å². The molecule has 2 heterocycles. The van der Waals surface area contributed by atoms with Crippen LogP contribution in [0.4, 0.5) is 0 Å². The van der Waals surface area contributed by atoms with Crippen LogP contribution < -0.4 is 0 Å². The second-order valence-corrected chi connectivity index (χ2v) is 5.90. The molecular weight excluding hydrogens is 313 g/mol. The minimum absolute atomic E-state index is 0.180. The van der Waals surface area contributed by atoms with Crippen LogP contribution in [0.3, 0.4) is 0 Å². The second kappa shape index (κ2) is 6.62. The Morgan fingerprint density at radius 3 is 2.76 bits per heavy atom. The Morgan fingerprint density at radius 1 is 1.48 bits per heavy atom. The zero-order chi connectivity index (χ0) is 15.6. The topological polar surface area (TPSA) is 57.0 Å². The molecule has 0 amide bonds. The number of hydrogen-bond donors (Lipinski definition) is 0. The lowest BCUT2D eigenvalue weighted by Crippen LogP contribution is -2.24. The van der Waals surface area contributed by atoms with Crippen LogP contribution in [-0.4, -0.2) is 27.6 Å². The van der Waals surface area contributed by atoms with Crippen molar-refractivity contribution in [3.05, 3.63) is 23.1 Å². The molecule has 1 unspecified atom stereocenters. The molecule has 0 radical (unpaired) electrons. The van der Waals surface area contributed by atoms with Crippen molar-refractivity contribution >= 4 is 40.3 Å². The van der Waals surface area contributed by atoms with Gasteiger partial charge in [0, 0.05) is 6.20 Å². The van der Waals surface area contributed by atoms with E-state index in [1.54, 1.807) is 10.6 Å². The van der Waals surface area contributed by atoms with Crippen LogP contribution in [0.25, 0.3) is 11.2 Å². The molecule has 1 atom stereocenters. The quantitative estimate of drug-likeness (QED) is 0.621. The highest BCUT2D eigenvalue weighted by Gasteiger charge is 2.27. The van der Waals surface area contributed by atoms with Crippen molar-refractivity contribution in [2.45, 2.75) is 32.2 Å². The van der Waals surface area contributed by atoms with Gasteiger partial charge >= 0.3 is 5.97 Å². The fraction of sp³-hybridized carbons (Fsp3) is 0.500. The van der Waals surface area contributed by atoms with Gasteiger partial charge in [-0.25, -0.2) is 14.8 Å². The van der Waals surface area contributed by atoms with Gasteiger partial charge in [0.05, 0.1) is 18.0 Å². The van der Waals surface area contributed by atoms with Crippen molar-refractivity contribution < 1.29 is 9.53 Å². The van der Waals surface area contributed by atoms with Crippen molar-refractivity contribution in [2.75, 3.05) is 7.11 Å². The number of ether oxygens (including phenoxy) is 1. The van der Waals surface area contributed by atoms with Crippen LogP contribution in [0, 0.1) is 5.92 Å². The molecular formula is C14H17Cl2N3O2. The van der Waals surface area contributed by atoms with E-state index in [1.165, 1.54) is 13.3 Å². The van der Waals surface area contributed by atoms with E-state index in [-0.39, 0.29) is 11.8 Å². The highest BCUT2D eigenvalue weighted by molar-refractivity contribution is 6.31. The van der Waals surface area contributed by atoms with E-state index in [2.05, 4.69) is 9.97 Å². The molecule has 2 aromatic rings. The number of carbonyl (C=O) groups excluding carboxylic acids is 1. The van der Waals surface area contributed by atoms with Crippen molar-refractivity contribution in [3.63, 3.8) is 0 Å². The van der Waals surface area contributed by atoms with Gasteiger partial charge in [0.15, 0.2) is 5.65 Å². The molecule has 21 heavy (non-hydrogen) atoms. The van der Waals surface area contributed by atoms with Gasteiger partial charge in [-0.2, -0.15) is 0 Å². The lowest BCUT2D eigenvalue weighted by Gasteiger charge is -2.20. The molecule has 2 rings (SSSR count). The molecule has 0 aliphatic rings. The van der Waals surface area contributed by atoms with Crippen LogP contribution in [0.5, 0.6) is 0 Å². The Kier molecular flexibility index (Phi) is 5.06. The molecule has 0 fully saturated rings. The van der Waals surface area contributed by atoms with E-state index < -0.39 is 6.04 Å². The number of nitrogens with zero attached hydrogens (tertiary/aromatic N) is 3. The fourth-order valence-corrected chi connectivity index (χ4v) is 2.66. The normalized spacial score (nSPS) is 12.9. The molecule has 0 aliphatic carbocycles. The SMILES string of the molecule is COC(=O)C(CC(C)C)n1c(CCl)nc2cc(Cl)cnc21. The monoisotopic (exact) mass is 329 g/mol. The summed E-state index contributed by atoms with van der Waals surface area (Å²) in [6, 6.07) is 1.21. The summed E-state index contributed by atoms with van der Waals surface area (Å²) in [7, 11) is 1.37. The third kappa shape index (κ3) is 3.30. The maximum absolute atomic E-state index is 12.2. The third-order valence-corrected chi connectivity index (χ3v) is 3.61. The average Bonchev–Trinajstić information content (AvgIpc) is 2.80. The second-order valence-electron chi connectivity index (χ2n) is 5.20. The maximum atomic E-state index is 12.2. The Balaban J connectivity index is 2.62. The Morgan fingerprint density at radius 2 is 2.19 bits per heavy atom. The largest absolute Gasteiger partial charge is 0.467 e. The fourth-order valence-electron chi connectivity index (χ4n) is 2.32. The highest BCUT2D eigenvalue weighted by atomic mass is 35.5. The van der Waals surface area contributed by atoms with Gasteiger partial charge in [-0.15, -0.1) is 11.6 Å². The first-order chi connectivity index (χ1) is 9.97. The summed E-state index contributed by atoms with van der Waals surface area (Å²) in [6.07, 6.45) is 2.15. The Bertz CT molecular complexity index is 655. The lowest BCUT2D eigenvalue weighted by molar-refractivity contribution is -0.145. The Labute approximate surface area is 133 Å². The van der Waals surface area contributed by atoms with Crippen molar-refractivity contribution in [1.29, 1.82) is 0 Å². The van der Waals surface area contributed by atoms with E-state index in [0.29, 0.717) is 34.3 Å². The maximum Gasteiger partial charge on any atom is 0.328 e. The number of halogens is 2. The zero-order valence-corrected chi connectivity index (χ0v) is 13.6. The lowest BCUT2D eigenvalue weighted by atomic mass is 10.0. The smallest absolute Gasteiger partial charge is 0.328 e. The summed E-state index contributed by atoms with van der Waals surface area (Å²) in [5, 5.41) is 0.492. The van der Waals surface area contributed by atoms with Gasteiger partial charge in [0.2, 0.25) is 0 Å². The first-order valence-corrected chi connectivity index (χ1v) is 7.55. The minimum Gasteiger partial charge on any atom is -0.467 e. The van der Waals surface area contributed by atoms with Gasteiger partial charge in [0.25, 0.3) is 0 Å². The number of aromatic nitrogens is 3. The van der Waals surface area contributed by atoms with E-state index in [1.807, 2.05) is 13.8 Å². The minimum atomic E-state index is -0.498. The number of imidazole rings is 1. The molecule has 0 saturated heterocycles. The summed E-state index contributed by atoms with van der Waals surface area (Å²) in [6.45, 7) is 4.08. The van der Waals surface area contributed by atoms with Crippen LogP contribution in [0.15, 0.2) is 12.3 Å². The molecule has 0 spiro atoms. The summed E-state index contributed by atoms with van der Waals surface area (Å²) >= 11 is 11.9. The van der Waals surface area contributed by atoms with Crippen molar-refractivity contribution in [3.8, 4) is 0 Å². The van der Waals surface area contributed by atoms with Gasteiger partial charge in [-0.3, -0.25) is 4.57 Å². The van der Waals surface area contributed by atoms with E-state index in [9.17, 15) is 4.79 Å². The molecule has 0 bridgehead atoms. The standard InChI is InChI=1S/C14H17Cl2N3O2/c1-8(2)4-11(14(20)21-3)19-12(6-15)18-10-5-9(16)7-17-13(10)19/h5,7-8,11H,4,6H2,1-3H3. The number of alkyl halides is 1. The van der Waals surface area contributed by atoms with Crippen LogP contribution in [0.2, 0.25) is 5.02 Å². The predicted octanol–water partition coefficient (Wildman–Crippen LogP) is 3.58. The van der Waals surface area contributed by atoms with Crippen LogP contribution >= 0.6 is 23.2 Å². The zero-order valence-electron chi connectivity index (χ0n) is 12.1. The first-order valence-electron chi connectivity index (χ1n) is 6.64. The molecule has 0 aromatic carbocycles. The third-order valence-electron chi connectivity index (χ3n) is 3.17. The van der Waals surface area contributed by atoms with Crippen LogP contribution in [-0.2, 0) is 15.4 Å². The Hall–Kier alpha value is -1.33. The number of rotatable bonds is 5. The summed E-state index contributed by atoms with van der Waals surface area (Å²) in [4.78, 5) is 20.9. The summed E-state index contributed by atoms with van der Waals surface area (Å²) < 4.78 is 6.68. The number of fused-ring (bicyclic) bond motifs is 1. The van der Waals surface area contributed by atoms with Crippen molar-refractivity contribution in [1.82, 2.24) is 14.5 Å². The summed E-state index contributed by atoms with van der Waals surface area (Å²) in [5.74, 6) is 0.741. The first kappa shape index (κ1) is 16.0. The molecule has 5 nitrogen and oxygen atoms in total. The van der Waals surface area contributed by atoms with E-state index in [4.69, 9.17) is 27.9 Å². The van der Waals surface area contributed by atoms with Crippen molar-refractivity contribution in [2.24, 2.45) is 5.92 Å². The van der Waals surface area contributed by atoms with E-state index >= 15 is 0 Å². The number of methoxy groups -OCH3 is 1. The molecule has 114 valence electrons. The molecule has 0 aliphatic heterocycles. The molecule has 0 saturated carbocycles. The highest BCUT2D eigenvalue weighted by Crippen LogP contribution is 2.27. The summed E-state index contributed by atoms with van der Waals surface area (Å²) in [5.41, 5.74) is 1.21. The predicted molar refractivity (Wildman–Crippen MR) is 82.6 cm³/mol. The number of carbonyl (C=O) groups is 1. The van der Waals surface area contributed by atoms with Gasteiger partial charge in [0.1, 0.15) is 17.4 Å². The molecule has 2 aromatic heterocycles. The molecule has 7 heteroatoms. The number of hydrogen-bond acceptors (Lipinski definition) is 4. The van der Waals surface area contributed by atoms with E-state index in [0.717, 1.165) is 0 Å². The molecule has 0 N–H and O–H groups in total. The number of esters is 1. The number of pyridine rings is 1. The van der Waals surface area contributed by atoms with Gasteiger partial charge in [-0.05, 0) is 18.4 Å².